The molecule has 0 atom stereocenters. The number of carbonyl (C=O) groups excluding carboxylic acids is 2. The highest BCUT2D eigenvalue weighted by Crippen LogP contribution is 2.17. The van der Waals surface area contributed by atoms with E-state index in [-0.39, 0.29) is 0 Å². The van der Waals surface area contributed by atoms with E-state index in [4.69, 9.17) is 0 Å². The van der Waals surface area contributed by atoms with Gasteiger partial charge in [-0.05, 0) is 6.07 Å². The number of primary amides is 1. The van der Waals surface area contributed by atoms with E-state index < -0.39 is 11.8 Å². The smallest absolute Gasteiger partial charge is 0.309 e. The quantitative estimate of drug-likeness (QED) is 0.394. The van der Waals surface area contributed by atoms with Crippen molar-refractivity contribution in [3.05, 3.63) is 24.3 Å². The van der Waals surface area contributed by atoms with Crippen molar-refractivity contribution in [1.82, 2.24) is 0 Å². The monoisotopic (exact) mass is 163 g/mol. The second kappa shape index (κ2) is 2.42. The molecule has 0 unspecified atom stereocenters. The van der Waals surface area contributed by atoms with Crippen LogP contribution in [0.15, 0.2) is 24.3 Å². The maximum absolute atomic E-state index is 10.9. The molecule has 0 spiro atoms. The van der Waals surface area contributed by atoms with Crippen LogP contribution in [0.1, 0.15) is 0 Å². The van der Waals surface area contributed by atoms with E-state index in [1.807, 2.05) is 12.1 Å². The first-order valence-corrected chi connectivity index (χ1v) is 3.56. The summed E-state index contributed by atoms with van der Waals surface area (Å²) in [5.41, 5.74) is 1.46. The topological polar surface area (TPSA) is 62.8 Å². The zero-order chi connectivity index (χ0) is 8.55. The van der Waals surface area contributed by atoms with E-state index in [1.54, 1.807) is 12.1 Å². The molecule has 0 saturated carbocycles. The molecule has 0 fully saturated rings. The van der Waals surface area contributed by atoms with Crippen molar-refractivity contribution in [2.75, 3.05) is 5.32 Å². The molecular weight excluding hydrogens is 156 g/mol. The Balaban J connectivity index is 2.47. The van der Waals surface area contributed by atoms with Crippen LogP contribution in [0.4, 0.5) is 11.4 Å². The summed E-state index contributed by atoms with van der Waals surface area (Å²) >= 11 is 0. The summed E-state index contributed by atoms with van der Waals surface area (Å²) in [7, 11) is 0. The number of quaternary nitrogens is 1. The van der Waals surface area contributed by atoms with Gasteiger partial charge in [0.1, 0.15) is 5.69 Å². The molecule has 0 saturated heterocycles. The van der Waals surface area contributed by atoms with Crippen LogP contribution in [-0.2, 0) is 9.59 Å². The molecule has 4 nitrogen and oxygen atoms in total. The largest absolute Gasteiger partial charge is 0.405 e. The van der Waals surface area contributed by atoms with E-state index in [0.29, 0.717) is 5.69 Å². The number of rotatable bonds is 0. The summed E-state index contributed by atoms with van der Waals surface area (Å²) < 4.78 is 0. The van der Waals surface area contributed by atoms with Gasteiger partial charge in [-0.15, -0.1) is 0 Å². The number of nitrogens with two attached hydrogens (primary N) is 1. The molecule has 1 aliphatic heterocycles. The van der Waals surface area contributed by atoms with Gasteiger partial charge in [0.15, 0.2) is 5.69 Å². The lowest BCUT2D eigenvalue weighted by Gasteiger charge is -2.11. The van der Waals surface area contributed by atoms with Gasteiger partial charge >= 0.3 is 11.8 Å². The molecule has 0 aromatic heterocycles. The molecule has 60 valence electrons. The molecule has 1 aromatic rings. The molecular formula is C8H7N2O2+. The Labute approximate surface area is 68.6 Å². The number of benzene rings is 1. The van der Waals surface area contributed by atoms with Gasteiger partial charge in [0.05, 0.1) is 0 Å². The zero-order valence-electron chi connectivity index (χ0n) is 6.20. The van der Waals surface area contributed by atoms with E-state index in [2.05, 4.69) is 5.32 Å². The lowest BCUT2D eigenvalue weighted by Crippen LogP contribution is -2.86. The molecule has 12 heavy (non-hydrogen) atoms. The number of fused-ring (bicyclic) bond motifs is 1. The van der Waals surface area contributed by atoms with Gasteiger partial charge in [-0.1, -0.05) is 12.1 Å². The van der Waals surface area contributed by atoms with Crippen molar-refractivity contribution in [2.24, 2.45) is 0 Å². The number of hydrogen-bond donors (Lipinski definition) is 2. The summed E-state index contributed by atoms with van der Waals surface area (Å²) in [6, 6.07) is 7.17. The maximum atomic E-state index is 10.9. The number of carbonyl (C=O) groups is 2. The highest BCUT2D eigenvalue weighted by Gasteiger charge is 2.26. The van der Waals surface area contributed by atoms with Crippen LogP contribution >= 0.6 is 0 Å². The van der Waals surface area contributed by atoms with Crippen molar-refractivity contribution in [3.8, 4) is 0 Å². The van der Waals surface area contributed by atoms with Gasteiger partial charge in [-0.25, -0.2) is 10.1 Å². The lowest BCUT2D eigenvalue weighted by atomic mass is 10.2. The van der Waals surface area contributed by atoms with Crippen molar-refractivity contribution in [2.45, 2.75) is 0 Å². The first-order valence-electron chi connectivity index (χ1n) is 3.56. The van der Waals surface area contributed by atoms with Crippen LogP contribution in [-0.4, -0.2) is 11.8 Å². The maximum Gasteiger partial charge on any atom is 0.405 e. The summed E-state index contributed by atoms with van der Waals surface area (Å²) in [6.07, 6.45) is 0. The molecule has 3 N–H and O–H groups in total. The number of anilines is 1. The van der Waals surface area contributed by atoms with Crippen molar-refractivity contribution in [3.63, 3.8) is 0 Å². The summed E-state index contributed by atoms with van der Waals surface area (Å²) in [6.45, 7) is 0. The van der Waals surface area contributed by atoms with Crippen LogP contribution < -0.4 is 10.6 Å². The molecule has 0 bridgehead atoms. The summed E-state index contributed by atoms with van der Waals surface area (Å²) in [5, 5.41) is 3.83. The van der Waals surface area contributed by atoms with Gasteiger partial charge in [0, 0.05) is 6.07 Å². The third-order valence-corrected chi connectivity index (χ3v) is 1.72. The fraction of sp³-hybridized carbons (Fsp3) is 0. The van der Waals surface area contributed by atoms with Crippen LogP contribution in [0.5, 0.6) is 0 Å². The van der Waals surface area contributed by atoms with Gasteiger partial charge in [-0.3, -0.25) is 4.79 Å². The van der Waals surface area contributed by atoms with Crippen LogP contribution in [0.3, 0.4) is 0 Å². The highest BCUT2D eigenvalue weighted by atomic mass is 16.2. The average Bonchev–Trinajstić information content (AvgIpc) is 2.07. The summed E-state index contributed by atoms with van der Waals surface area (Å²) in [4.78, 5) is 21.8. The number of amides is 2. The molecule has 0 aliphatic carbocycles. The van der Waals surface area contributed by atoms with Gasteiger partial charge in [0.25, 0.3) is 0 Å². The molecule has 0 radical (unpaired) electrons. The first kappa shape index (κ1) is 7.00. The van der Waals surface area contributed by atoms with Crippen molar-refractivity contribution in [1.29, 1.82) is 0 Å². The fourth-order valence-corrected chi connectivity index (χ4v) is 1.13. The third-order valence-electron chi connectivity index (χ3n) is 1.72. The SMILES string of the molecule is O=C1Nc2ccccc2[NH2+]C1=O. The zero-order valence-corrected chi connectivity index (χ0v) is 6.20. The van der Waals surface area contributed by atoms with Crippen molar-refractivity contribution < 1.29 is 14.9 Å². The molecule has 2 rings (SSSR count). The van der Waals surface area contributed by atoms with E-state index >= 15 is 0 Å². The van der Waals surface area contributed by atoms with Gasteiger partial charge in [-0.2, -0.15) is 0 Å². The minimum absolute atomic E-state index is 0.492. The van der Waals surface area contributed by atoms with Crippen molar-refractivity contribution >= 4 is 23.2 Å². The Kier molecular flexibility index (Phi) is 1.41. The Morgan fingerprint density at radius 3 is 2.75 bits per heavy atom. The number of hydrogen-bond acceptors (Lipinski definition) is 2. The Bertz CT molecular complexity index is 325. The summed E-state index contributed by atoms with van der Waals surface area (Å²) in [5.74, 6) is -1.05. The van der Waals surface area contributed by atoms with Gasteiger partial charge in [0.2, 0.25) is 0 Å². The molecule has 2 amide bonds. The highest BCUT2D eigenvalue weighted by molar-refractivity contribution is 6.37. The first-order chi connectivity index (χ1) is 5.77. The third kappa shape index (κ3) is 0.981. The molecule has 1 aliphatic rings. The van der Waals surface area contributed by atoms with E-state index in [1.165, 1.54) is 5.32 Å². The van der Waals surface area contributed by atoms with E-state index in [9.17, 15) is 9.59 Å². The molecule has 1 aromatic carbocycles. The van der Waals surface area contributed by atoms with Crippen LogP contribution in [0.25, 0.3) is 0 Å². The number of nitrogens with one attached hydrogen (secondary N) is 1. The van der Waals surface area contributed by atoms with Crippen LogP contribution in [0.2, 0.25) is 0 Å². The predicted octanol–water partition coefficient (Wildman–Crippen LogP) is -0.640. The van der Waals surface area contributed by atoms with E-state index in [0.717, 1.165) is 5.69 Å². The Morgan fingerprint density at radius 2 is 1.92 bits per heavy atom. The lowest BCUT2D eigenvalue weighted by molar-refractivity contribution is -0.477. The van der Waals surface area contributed by atoms with Gasteiger partial charge < -0.3 is 5.32 Å². The fourth-order valence-electron chi connectivity index (χ4n) is 1.13. The Hall–Kier alpha value is -1.68. The van der Waals surface area contributed by atoms with Crippen LogP contribution in [0, 0.1) is 0 Å². The minimum atomic E-state index is -0.561. The number of para-hydroxylation sites is 2. The second-order valence-corrected chi connectivity index (χ2v) is 2.55. The minimum Gasteiger partial charge on any atom is -0.309 e. The normalized spacial score (nSPS) is 15.3. The average molecular weight is 163 g/mol. The predicted molar refractivity (Wildman–Crippen MR) is 41.7 cm³/mol. The standard InChI is InChI=1S/C8H6N2O2/c11-7-8(12)10-6-4-2-1-3-5(6)9-7/h1-4H,(H,9,11)(H,10,12)/p+1. The molecule has 1 heterocycles. The Morgan fingerprint density at radius 1 is 1.17 bits per heavy atom. The second-order valence-electron chi connectivity index (χ2n) is 2.55. The molecule has 4 heteroatoms.